The van der Waals surface area contributed by atoms with Crippen molar-refractivity contribution in [1.29, 1.82) is 0 Å². The smallest absolute Gasteiger partial charge is 0.251 e. The van der Waals surface area contributed by atoms with Gasteiger partial charge >= 0.3 is 0 Å². The number of halogens is 1. The first kappa shape index (κ1) is 18.1. The van der Waals surface area contributed by atoms with Crippen molar-refractivity contribution in [1.82, 2.24) is 10.0 Å². The molecule has 0 bridgehead atoms. The van der Waals surface area contributed by atoms with Crippen LogP contribution >= 0.6 is 15.9 Å². The van der Waals surface area contributed by atoms with Crippen LogP contribution in [0.1, 0.15) is 28.8 Å². The van der Waals surface area contributed by atoms with Crippen LogP contribution in [0.15, 0.2) is 57.9 Å². The van der Waals surface area contributed by atoms with Crippen LogP contribution in [0.2, 0.25) is 0 Å². The number of sulfonamides is 1. The first-order valence-electron chi connectivity index (χ1n) is 8.10. The molecule has 0 aromatic heterocycles. The molecule has 5 nitrogen and oxygen atoms in total. The van der Waals surface area contributed by atoms with Crippen molar-refractivity contribution in [3.05, 3.63) is 64.1 Å². The van der Waals surface area contributed by atoms with E-state index in [0.29, 0.717) is 18.5 Å². The van der Waals surface area contributed by atoms with Gasteiger partial charge in [0.2, 0.25) is 10.0 Å². The highest BCUT2D eigenvalue weighted by Gasteiger charge is 2.28. The van der Waals surface area contributed by atoms with Gasteiger partial charge in [-0.2, -0.15) is 0 Å². The highest BCUT2D eigenvalue weighted by atomic mass is 79.9. The molecule has 0 unspecified atom stereocenters. The van der Waals surface area contributed by atoms with Crippen LogP contribution in [0.3, 0.4) is 0 Å². The third-order valence-electron chi connectivity index (χ3n) is 3.94. The zero-order chi connectivity index (χ0) is 17.9. The summed E-state index contributed by atoms with van der Waals surface area (Å²) in [5.74, 6) is -0.282. The lowest BCUT2D eigenvalue weighted by molar-refractivity contribution is 0.0954. The summed E-state index contributed by atoms with van der Waals surface area (Å²) in [6, 6.07) is 14.0. The third kappa shape index (κ3) is 4.90. The van der Waals surface area contributed by atoms with Gasteiger partial charge in [-0.05, 0) is 49.1 Å². The monoisotopic (exact) mass is 422 g/mol. The molecule has 0 spiro atoms. The number of amides is 1. The van der Waals surface area contributed by atoms with Crippen molar-refractivity contribution < 1.29 is 13.2 Å². The third-order valence-corrected chi connectivity index (χ3v) is 6.24. The van der Waals surface area contributed by atoms with Crippen molar-refractivity contribution in [2.24, 2.45) is 0 Å². The van der Waals surface area contributed by atoms with Crippen LogP contribution in [-0.2, 0) is 16.4 Å². The van der Waals surface area contributed by atoms with Gasteiger partial charge in [0.05, 0.1) is 4.90 Å². The van der Waals surface area contributed by atoms with E-state index in [1.165, 1.54) is 12.1 Å². The Morgan fingerprint density at radius 3 is 2.60 bits per heavy atom. The molecule has 0 saturated heterocycles. The number of hydrogen-bond donors (Lipinski definition) is 2. The van der Waals surface area contributed by atoms with Gasteiger partial charge in [-0.15, -0.1) is 0 Å². The topological polar surface area (TPSA) is 75.3 Å². The number of carbonyl (C=O) groups excluding carboxylic acids is 1. The lowest BCUT2D eigenvalue weighted by Gasteiger charge is -2.09. The van der Waals surface area contributed by atoms with Crippen LogP contribution in [0.4, 0.5) is 0 Å². The number of rotatable bonds is 7. The van der Waals surface area contributed by atoms with Gasteiger partial charge < -0.3 is 5.32 Å². The summed E-state index contributed by atoms with van der Waals surface area (Å²) in [5.41, 5.74) is 1.44. The minimum absolute atomic E-state index is 0.0341. The fourth-order valence-corrected chi connectivity index (χ4v) is 4.24. The highest BCUT2D eigenvalue weighted by molar-refractivity contribution is 9.10. The number of carbonyl (C=O) groups is 1. The second-order valence-corrected chi connectivity index (χ2v) is 8.59. The lowest BCUT2D eigenvalue weighted by atomic mass is 10.1. The predicted molar refractivity (Wildman–Crippen MR) is 100.0 cm³/mol. The normalized spacial score (nSPS) is 14.3. The standard InChI is InChI=1S/C18H19BrN2O3S/c19-17-7-2-1-4-13(17)10-11-20-18(22)14-5-3-6-16(12-14)25(23,24)21-15-8-9-15/h1-7,12,15,21H,8-11H2,(H,20,22). The van der Waals surface area contributed by atoms with E-state index in [0.717, 1.165) is 22.9 Å². The Labute approximate surface area is 156 Å². The Bertz CT molecular complexity index is 879. The summed E-state index contributed by atoms with van der Waals surface area (Å²) in [6.45, 7) is 0.471. The molecule has 0 heterocycles. The predicted octanol–water partition coefficient (Wildman–Crippen LogP) is 2.86. The van der Waals surface area contributed by atoms with Crippen LogP contribution in [-0.4, -0.2) is 26.9 Å². The second kappa shape index (κ2) is 7.68. The molecule has 2 N–H and O–H groups in total. The van der Waals surface area contributed by atoms with Gasteiger partial charge in [0.25, 0.3) is 5.91 Å². The van der Waals surface area contributed by atoms with E-state index in [1.807, 2.05) is 24.3 Å². The molecule has 25 heavy (non-hydrogen) atoms. The molecular weight excluding hydrogens is 404 g/mol. The summed E-state index contributed by atoms with van der Waals surface area (Å²) < 4.78 is 28.1. The lowest BCUT2D eigenvalue weighted by Crippen LogP contribution is -2.28. The molecule has 2 aromatic rings. The maximum absolute atomic E-state index is 12.3. The quantitative estimate of drug-likeness (QED) is 0.719. The van der Waals surface area contributed by atoms with Crippen LogP contribution < -0.4 is 10.0 Å². The van der Waals surface area contributed by atoms with E-state index in [2.05, 4.69) is 26.0 Å². The summed E-state index contributed by atoms with van der Waals surface area (Å²) in [5, 5.41) is 2.83. The zero-order valence-corrected chi connectivity index (χ0v) is 15.9. The minimum atomic E-state index is -3.56. The molecule has 1 aliphatic rings. The van der Waals surface area contributed by atoms with E-state index in [-0.39, 0.29) is 16.8 Å². The van der Waals surface area contributed by atoms with E-state index in [4.69, 9.17) is 0 Å². The van der Waals surface area contributed by atoms with Crippen LogP contribution in [0.5, 0.6) is 0 Å². The van der Waals surface area contributed by atoms with Crippen molar-refractivity contribution >= 4 is 31.9 Å². The summed E-state index contributed by atoms with van der Waals surface area (Å²) >= 11 is 3.48. The van der Waals surface area contributed by atoms with E-state index < -0.39 is 10.0 Å². The van der Waals surface area contributed by atoms with Gasteiger partial charge in [0.1, 0.15) is 0 Å². The number of nitrogens with one attached hydrogen (secondary N) is 2. The Hall–Kier alpha value is -1.70. The zero-order valence-electron chi connectivity index (χ0n) is 13.5. The number of benzene rings is 2. The Morgan fingerprint density at radius 1 is 1.12 bits per heavy atom. The van der Waals surface area contributed by atoms with E-state index in [9.17, 15) is 13.2 Å². The Balaban J connectivity index is 1.62. The van der Waals surface area contributed by atoms with Crippen molar-refractivity contribution in [2.45, 2.75) is 30.2 Å². The molecule has 132 valence electrons. The Morgan fingerprint density at radius 2 is 1.88 bits per heavy atom. The average molecular weight is 423 g/mol. The molecule has 0 aliphatic heterocycles. The number of hydrogen-bond acceptors (Lipinski definition) is 3. The maximum atomic E-state index is 12.3. The van der Waals surface area contributed by atoms with E-state index >= 15 is 0 Å². The molecule has 7 heteroatoms. The summed E-state index contributed by atoms with van der Waals surface area (Å²) in [4.78, 5) is 12.4. The van der Waals surface area contributed by atoms with Gasteiger partial charge in [-0.1, -0.05) is 40.2 Å². The van der Waals surface area contributed by atoms with Crippen molar-refractivity contribution in [2.75, 3.05) is 6.54 Å². The highest BCUT2D eigenvalue weighted by Crippen LogP contribution is 2.22. The molecule has 0 atom stereocenters. The van der Waals surface area contributed by atoms with Gasteiger partial charge in [0.15, 0.2) is 0 Å². The van der Waals surface area contributed by atoms with E-state index in [1.54, 1.807) is 12.1 Å². The molecule has 1 saturated carbocycles. The van der Waals surface area contributed by atoms with Crippen molar-refractivity contribution in [3.63, 3.8) is 0 Å². The van der Waals surface area contributed by atoms with Gasteiger partial charge in [0, 0.05) is 22.6 Å². The molecule has 0 radical (unpaired) electrons. The van der Waals surface area contributed by atoms with Crippen molar-refractivity contribution in [3.8, 4) is 0 Å². The van der Waals surface area contributed by atoms with Gasteiger partial charge in [-0.3, -0.25) is 4.79 Å². The summed E-state index contributed by atoms with van der Waals surface area (Å²) in [6.07, 6.45) is 2.43. The largest absolute Gasteiger partial charge is 0.352 e. The first-order chi connectivity index (χ1) is 12.0. The SMILES string of the molecule is O=C(NCCc1ccccc1Br)c1cccc(S(=O)(=O)NC2CC2)c1. The average Bonchev–Trinajstić information content (AvgIpc) is 3.40. The molecule has 2 aromatic carbocycles. The molecule has 1 amide bonds. The van der Waals surface area contributed by atoms with Crippen LogP contribution in [0, 0.1) is 0 Å². The second-order valence-electron chi connectivity index (χ2n) is 6.02. The minimum Gasteiger partial charge on any atom is -0.352 e. The fourth-order valence-electron chi connectivity index (χ4n) is 2.41. The first-order valence-corrected chi connectivity index (χ1v) is 10.4. The maximum Gasteiger partial charge on any atom is 0.251 e. The molecule has 1 fully saturated rings. The van der Waals surface area contributed by atoms with Crippen LogP contribution in [0.25, 0.3) is 0 Å². The Kier molecular flexibility index (Phi) is 5.56. The molecule has 3 rings (SSSR count). The summed E-state index contributed by atoms with van der Waals surface area (Å²) in [7, 11) is -3.56. The van der Waals surface area contributed by atoms with Gasteiger partial charge in [-0.25, -0.2) is 13.1 Å². The molecular formula is C18H19BrN2O3S. The molecule has 1 aliphatic carbocycles. The fraction of sp³-hybridized carbons (Fsp3) is 0.278.